The molecule has 0 spiro atoms. The molecule has 0 atom stereocenters. The Kier molecular flexibility index (Phi) is 4.49. The molecule has 1 saturated heterocycles. The maximum Gasteiger partial charge on any atom is 0.244 e. The number of pyridine rings is 2. The van der Waals surface area contributed by atoms with Gasteiger partial charge in [0.1, 0.15) is 11.0 Å². The Morgan fingerprint density at radius 3 is 2.82 bits per heavy atom. The van der Waals surface area contributed by atoms with Gasteiger partial charge in [-0.25, -0.2) is 4.98 Å². The third kappa shape index (κ3) is 3.69. The molecule has 0 aromatic carbocycles. The summed E-state index contributed by atoms with van der Waals surface area (Å²) in [5, 5.41) is 6.50. The van der Waals surface area contributed by atoms with Gasteiger partial charge in [0, 0.05) is 18.0 Å². The van der Waals surface area contributed by atoms with Crippen molar-refractivity contribution in [3.63, 3.8) is 0 Å². The van der Waals surface area contributed by atoms with Crippen molar-refractivity contribution in [1.29, 1.82) is 0 Å². The summed E-state index contributed by atoms with van der Waals surface area (Å²) in [5.41, 5.74) is 1.83. The molecule has 8 heteroatoms. The maximum atomic E-state index is 6.06. The van der Waals surface area contributed by atoms with E-state index in [2.05, 4.69) is 20.6 Å². The van der Waals surface area contributed by atoms with Crippen molar-refractivity contribution in [2.75, 3.05) is 5.32 Å². The highest BCUT2D eigenvalue weighted by Crippen LogP contribution is 2.24. The molecule has 1 fully saturated rings. The van der Waals surface area contributed by atoms with E-state index in [1.807, 2.05) is 18.2 Å². The van der Waals surface area contributed by atoms with Crippen LogP contribution in [0.5, 0.6) is 0 Å². The van der Waals surface area contributed by atoms with Crippen LogP contribution in [0.3, 0.4) is 0 Å². The Bertz CT molecular complexity index is 680. The van der Waals surface area contributed by atoms with Crippen molar-refractivity contribution < 1.29 is 9.47 Å². The van der Waals surface area contributed by atoms with Gasteiger partial charge in [0.25, 0.3) is 0 Å². The van der Waals surface area contributed by atoms with E-state index in [9.17, 15) is 0 Å². The highest BCUT2D eigenvalue weighted by molar-refractivity contribution is 7.80. The van der Waals surface area contributed by atoms with E-state index in [4.69, 9.17) is 33.3 Å². The molecule has 0 unspecified atom stereocenters. The number of nitrogens with one attached hydrogen (secondary N) is 2. The number of nitrogens with zero attached hydrogens (tertiary/aromatic N) is 2. The Balaban J connectivity index is 1.71. The Morgan fingerprint density at radius 1 is 1.32 bits per heavy atom. The van der Waals surface area contributed by atoms with Crippen LogP contribution >= 0.6 is 23.8 Å². The van der Waals surface area contributed by atoms with Crippen LogP contribution in [0.15, 0.2) is 36.7 Å². The minimum absolute atomic E-state index is 0.221. The molecule has 1 aliphatic rings. The van der Waals surface area contributed by atoms with Crippen LogP contribution in [0.1, 0.15) is 6.92 Å². The summed E-state index contributed by atoms with van der Waals surface area (Å²) in [6.07, 6.45) is 2.71. The zero-order valence-electron chi connectivity index (χ0n) is 11.6. The zero-order valence-corrected chi connectivity index (χ0v) is 13.2. The van der Waals surface area contributed by atoms with Crippen LogP contribution < -0.4 is 10.6 Å². The predicted molar refractivity (Wildman–Crippen MR) is 87.3 cm³/mol. The Hall–Kier alpha value is -1.80. The van der Waals surface area contributed by atoms with Crippen LogP contribution in [0.4, 0.5) is 5.82 Å². The highest BCUT2D eigenvalue weighted by Gasteiger charge is 2.27. The number of ether oxygens (including phenoxy) is 2. The van der Waals surface area contributed by atoms with Crippen molar-refractivity contribution in [3.05, 3.63) is 41.8 Å². The molecule has 0 amide bonds. The molecule has 0 saturated carbocycles. The molecule has 6 nitrogen and oxygen atoms in total. The van der Waals surface area contributed by atoms with Gasteiger partial charge in [0.05, 0.1) is 0 Å². The second-order valence-corrected chi connectivity index (χ2v) is 5.37. The van der Waals surface area contributed by atoms with Gasteiger partial charge in [0.15, 0.2) is 11.4 Å². The van der Waals surface area contributed by atoms with E-state index in [1.165, 1.54) is 0 Å². The second-order valence-electron chi connectivity index (χ2n) is 4.58. The third-order valence-electron chi connectivity index (χ3n) is 2.91. The molecular formula is C14H13ClN4O2S. The number of thiocarbonyl (C=S) groups is 1. The van der Waals surface area contributed by atoms with Gasteiger partial charge < -0.3 is 20.1 Å². The van der Waals surface area contributed by atoms with E-state index >= 15 is 0 Å². The summed E-state index contributed by atoms with van der Waals surface area (Å²) >= 11 is 11.2. The van der Waals surface area contributed by atoms with Crippen molar-refractivity contribution in [1.82, 2.24) is 15.3 Å². The first kappa shape index (κ1) is 15.1. The summed E-state index contributed by atoms with van der Waals surface area (Å²) in [5.74, 6) is 0.524. The fourth-order valence-corrected chi connectivity index (χ4v) is 2.36. The Labute approximate surface area is 137 Å². The molecule has 2 N–H and O–H groups in total. The fourth-order valence-electron chi connectivity index (χ4n) is 1.95. The van der Waals surface area contributed by atoms with Crippen LogP contribution in [0.2, 0.25) is 5.15 Å². The first-order valence-electron chi connectivity index (χ1n) is 6.56. The molecule has 0 radical (unpaired) electrons. The van der Waals surface area contributed by atoms with E-state index < -0.39 is 6.41 Å². The number of halogens is 1. The summed E-state index contributed by atoms with van der Waals surface area (Å²) in [7, 11) is 0. The van der Waals surface area contributed by atoms with Crippen LogP contribution in [-0.4, -0.2) is 27.8 Å². The lowest BCUT2D eigenvalue weighted by Gasteiger charge is -2.34. The molecule has 1 aliphatic heterocycles. The minimum Gasteiger partial charge on any atom is -0.317 e. The molecule has 0 aliphatic carbocycles. The second kappa shape index (κ2) is 6.53. The van der Waals surface area contributed by atoms with Crippen molar-refractivity contribution >= 4 is 34.7 Å². The monoisotopic (exact) mass is 336 g/mol. The van der Waals surface area contributed by atoms with E-state index in [0.717, 1.165) is 11.1 Å². The van der Waals surface area contributed by atoms with E-state index in [0.29, 0.717) is 16.1 Å². The number of anilines is 1. The molecule has 2 aromatic heterocycles. The normalized spacial score (nSPS) is 20.1. The van der Waals surface area contributed by atoms with Crippen LogP contribution in [0, 0.1) is 0 Å². The number of aromatic nitrogens is 2. The Morgan fingerprint density at radius 2 is 2.14 bits per heavy atom. The minimum atomic E-state index is -0.535. The molecule has 3 heterocycles. The largest absolute Gasteiger partial charge is 0.317 e. The lowest BCUT2D eigenvalue weighted by molar-refractivity contribution is -0.381. The SMILES string of the molecule is CC1OC(NC(=S)Nc2cc(-c3cccnc3)cc(Cl)n2)O1. The van der Waals surface area contributed by atoms with Crippen LogP contribution in [0.25, 0.3) is 11.1 Å². The van der Waals surface area contributed by atoms with Crippen molar-refractivity contribution in [3.8, 4) is 11.1 Å². The van der Waals surface area contributed by atoms with Gasteiger partial charge in [-0.2, -0.15) is 0 Å². The predicted octanol–water partition coefficient (Wildman–Crippen LogP) is 2.76. The standard InChI is InChI=1S/C14H13ClN4O2S/c1-8-20-14(21-8)19-13(22)18-12-6-10(5-11(15)17-12)9-3-2-4-16-7-9/h2-8,14H,1H3,(H2,17,18,19,22). The summed E-state index contributed by atoms with van der Waals surface area (Å²) in [6.45, 7) is 1.80. The molecule has 2 aromatic rings. The summed E-state index contributed by atoms with van der Waals surface area (Å²) in [6, 6.07) is 7.40. The maximum absolute atomic E-state index is 6.06. The topological polar surface area (TPSA) is 68.3 Å². The lowest BCUT2D eigenvalue weighted by atomic mass is 10.1. The van der Waals surface area contributed by atoms with Gasteiger partial charge in [-0.3, -0.25) is 4.98 Å². The number of hydrogen-bond acceptors (Lipinski definition) is 5. The lowest BCUT2D eigenvalue weighted by Crippen LogP contribution is -2.52. The average Bonchev–Trinajstić information content (AvgIpc) is 2.46. The van der Waals surface area contributed by atoms with Gasteiger partial charge in [-0.05, 0) is 42.9 Å². The zero-order chi connectivity index (χ0) is 15.5. The molecule has 114 valence electrons. The molecular weight excluding hydrogens is 324 g/mol. The van der Waals surface area contributed by atoms with Crippen molar-refractivity contribution in [2.45, 2.75) is 19.6 Å². The summed E-state index contributed by atoms with van der Waals surface area (Å²) < 4.78 is 10.5. The molecule has 3 rings (SSSR count). The number of hydrogen-bond donors (Lipinski definition) is 2. The van der Waals surface area contributed by atoms with Gasteiger partial charge in [0.2, 0.25) is 6.41 Å². The van der Waals surface area contributed by atoms with Crippen molar-refractivity contribution in [2.24, 2.45) is 0 Å². The van der Waals surface area contributed by atoms with Crippen LogP contribution in [-0.2, 0) is 9.47 Å². The third-order valence-corrected chi connectivity index (χ3v) is 3.32. The van der Waals surface area contributed by atoms with Gasteiger partial charge in [-0.1, -0.05) is 17.7 Å². The molecule has 22 heavy (non-hydrogen) atoms. The van der Waals surface area contributed by atoms with E-state index in [1.54, 1.807) is 25.4 Å². The first-order chi connectivity index (χ1) is 10.6. The smallest absolute Gasteiger partial charge is 0.244 e. The fraction of sp³-hybridized carbons (Fsp3) is 0.214. The number of rotatable bonds is 3. The first-order valence-corrected chi connectivity index (χ1v) is 7.35. The van der Waals surface area contributed by atoms with E-state index in [-0.39, 0.29) is 6.29 Å². The highest BCUT2D eigenvalue weighted by atomic mass is 35.5. The van der Waals surface area contributed by atoms with Gasteiger partial charge >= 0.3 is 0 Å². The average molecular weight is 337 g/mol. The van der Waals surface area contributed by atoms with Gasteiger partial charge in [-0.15, -0.1) is 0 Å². The molecule has 0 bridgehead atoms. The summed E-state index contributed by atoms with van der Waals surface area (Å²) in [4.78, 5) is 8.28. The quantitative estimate of drug-likeness (QED) is 0.659.